The summed E-state index contributed by atoms with van der Waals surface area (Å²) in [5.74, 6) is 0. The molecule has 1 nitrogen and oxygen atoms in total. The summed E-state index contributed by atoms with van der Waals surface area (Å²) in [6.45, 7) is 3.61. The number of benzene rings is 2. The highest BCUT2D eigenvalue weighted by molar-refractivity contribution is 5.61. The second-order valence-corrected chi connectivity index (χ2v) is 4.76. The summed E-state index contributed by atoms with van der Waals surface area (Å²) in [6.07, 6.45) is 0. The van der Waals surface area contributed by atoms with E-state index in [9.17, 15) is 0 Å². The van der Waals surface area contributed by atoms with Gasteiger partial charge in [-0.3, -0.25) is 0 Å². The average molecular weight is 284 g/mol. The second-order valence-electron chi connectivity index (χ2n) is 4.76. The molecule has 104 valence electrons. The number of pyridine rings is 1. The van der Waals surface area contributed by atoms with Crippen LogP contribution in [0.5, 0.6) is 0 Å². The molecule has 3 rings (SSSR count). The lowest BCUT2D eigenvalue weighted by Crippen LogP contribution is -2.40. The lowest BCUT2D eigenvalue weighted by Gasteiger charge is -2.12. The minimum Gasteiger partial charge on any atom is -0.189 e. The third kappa shape index (κ3) is 2.73. The Labute approximate surface area is 140 Å². The maximum absolute atomic E-state index is 8.32. The molecule has 3 aromatic rings. The molecule has 1 aromatic heterocycles. The van der Waals surface area contributed by atoms with Gasteiger partial charge in [0.25, 0.3) is 0 Å². The van der Waals surface area contributed by atoms with E-state index in [0.717, 1.165) is 0 Å². The smallest absolute Gasteiger partial charge is 0.189 e. The molecule has 0 aliphatic rings. The molecule has 0 N–H and O–H groups in total. The maximum Gasteiger partial charge on any atom is 0.213 e. The molecule has 0 radical (unpaired) electrons. The average Bonchev–Trinajstić information content (AvgIpc) is 2.73. The van der Waals surface area contributed by atoms with Gasteiger partial charge in [0.05, 0.1) is 13.7 Å². The van der Waals surface area contributed by atoms with Crippen LogP contribution in [0.4, 0.5) is 0 Å². The van der Waals surface area contributed by atoms with Crippen LogP contribution in [0.15, 0.2) is 78.6 Å². The minimum atomic E-state index is -0.503. The van der Waals surface area contributed by atoms with Crippen LogP contribution in [0.2, 0.25) is 0 Å². The summed E-state index contributed by atoms with van der Waals surface area (Å²) < 4.78 is 82.5. The van der Waals surface area contributed by atoms with Gasteiger partial charge in [0.2, 0.25) is 11.4 Å². The van der Waals surface area contributed by atoms with Gasteiger partial charge in [-0.2, -0.15) is 4.57 Å². The van der Waals surface area contributed by atoms with Gasteiger partial charge in [-0.05, 0) is 44.1 Å². The van der Waals surface area contributed by atoms with E-state index in [0.29, 0.717) is 0 Å². The Morgan fingerprint density at radius 1 is 0.762 bits per heavy atom. The van der Waals surface area contributed by atoms with Gasteiger partial charge in [0, 0.05) is 23.3 Å². The van der Waals surface area contributed by atoms with Crippen molar-refractivity contribution in [2.75, 3.05) is 0 Å². The van der Waals surface area contributed by atoms with Crippen molar-refractivity contribution in [3.8, 4) is 22.5 Å². The van der Waals surface area contributed by atoms with E-state index < -0.39 is 36.3 Å². The first kappa shape index (κ1) is 6.15. The van der Waals surface area contributed by atoms with E-state index in [2.05, 4.69) is 0 Å². The first-order valence-electron chi connectivity index (χ1n) is 11.6. The zero-order valence-electron chi connectivity index (χ0n) is 21.8. The van der Waals surface area contributed by atoms with Gasteiger partial charge >= 0.3 is 0 Å². The quantitative estimate of drug-likeness (QED) is 0.603. The highest BCUT2D eigenvalue weighted by Gasteiger charge is 2.21. The normalized spacial score (nSPS) is 17.5. The van der Waals surface area contributed by atoms with E-state index in [1.807, 2.05) is 0 Å². The summed E-state index contributed by atoms with van der Waals surface area (Å²) in [5, 5.41) is 0. The van der Waals surface area contributed by atoms with Gasteiger partial charge in [0.1, 0.15) is 0 Å². The van der Waals surface area contributed by atoms with Crippen molar-refractivity contribution in [1.29, 1.82) is 0 Å². The van der Waals surface area contributed by atoms with Crippen LogP contribution < -0.4 is 4.57 Å². The summed E-state index contributed by atoms with van der Waals surface area (Å²) in [6, 6.07) is 0.0346. The van der Waals surface area contributed by atoms with Crippen molar-refractivity contribution in [3.63, 3.8) is 0 Å². The molecule has 0 fully saturated rings. The topological polar surface area (TPSA) is 3.88 Å². The van der Waals surface area contributed by atoms with Crippen LogP contribution in [0.25, 0.3) is 22.5 Å². The lowest BCUT2D eigenvalue weighted by molar-refractivity contribution is -0.695. The molecule has 0 amide bonds. The predicted molar refractivity (Wildman–Crippen MR) is 87.9 cm³/mol. The fourth-order valence-electron chi connectivity index (χ4n) is 2.24. The molecule has 2 aromatic carbocycles. The summed E-state index contributed by atoms with van der Waals surface area (Å²) in [7, 11) is 0. The number of rotatable bonds is 3. The van der Waals surface area contributed by atoms with Crippen molar-refractivity contribution in [2.24, 2.45) is 0 Å². The zero-order chi connectivity index (χ0) is 23.4. The fraction of sp³-hybridized carbons (Fsp3) is 0.150. The Morgan fingerprint density at radius 3 is 1.57 bits per heavy atom. The molecule has 0 unspecified atom stereocenters. The standard InChI is InChI=1S/C20H20N/c1-16(2)21-19(17-10-5-3-6-11-17)14-9-15-20(21)18-12-7-4-8-13-18/h3-16H,1-2H3/q+1/i3D,4D,5D,6D,7D,8D,10D,11D,12D,13D. The number of hydrogen-bond acceptors (Lipinski definition) is 0. The zero-order valence-corrected chi connectivity index (χ0v) is 11.8. The molecule has 0 spiro atoms. The molecule has 0 saturated carbocycles. The summed E-state index contributed by atoms with van der Waals surface area (Å²) >= 11 is 0. The second kappa shape index (κ2) is 5.92. The highest BCUT2D eigenvalue weighted by Crippen LogP contribution is 2.22. The molecule has 0 saturated heterocycles. The van der Waals surface area contributed by atoms with E-state index in [1.54, 1.807) is 36.6 Å². The fourth-order valence-corrected chi connectivity index (χ4v) is 2.24. The van der Waals surface area contributed by atoms with E-state index in [-0.39, 0.29) is 52.7 Å². The molecule has 1 heterocycles. The van der Waals surface area contributed by atoms with E-state index >= 15 is 0 Å². The van der Waals surface area contributed by atoms with Gasteiger partial charge < -0.3 is 0 Å². The van der Waals surface area contributed by atoms with Crippen LogP contribution in [0.1, 0.15) is 33.6 Å². The van der Waals surface area contributed by atoms with Crippen molar-refractivity contribution in [2.45, 2.75) is 19.9 Å². The van der Waals surface area contributed by atoms with Crippen LogP contribution >= 0.6 is 0 Å². The van der Waals surface area contributed by atoms with Crippen molar-refractivity contribution < 1.29 is 18.3 Å². The molecule has 1 heteroatoms. The number of hydrogen-bond donors (Lipinski definition) is 0. The Hall–Kier alpha value is -2.41. The van der Waals surface area contributed by atoms with Crippen LogP contribution in [-0.2, 0) is 0 Å². The minimum absolute atomic E-state index is 0.0195. The Kier molecular flexibility index (Phi) is 1.73. The van der Waals surface area contributed by atoms with Crippen molar-refractivity contribution in [3.05, 3.63) is 78.6 Å². The molecule has 0 atom stereocenters. The SMILES string of the molecule is [2H]c1c([2H])c([2H])c(-c2cccc(-c3c([2H])c([2H])c([2H])c([2H])c3[2H])[n+]2C(C)C)c([2H])c1[2H]. The summed E-state index contributed by atoms with van der Waals surface area (Å²) in [5.41, 5.74) is 0.537. The lowest BCUT2D eigenvalue weighted by atomic mass is 10.1. The van der Waals surface area contributed by atoms with E-state index in [4.69, 9.17) is 13.7 Å². The number of nitrogens with zero attached hydrogens (tertiary/aromatic N) is 1. The van der Waals surface area contributed by atoms with Gasteiger partial charge in [-0.25, -0.2) is 0 Å². The Morgan fingerprint density at radius 2 is 1.19 bits per heavy atom. The maximum atomic E-state index is 8.32. The van der Waals surface area contributed by atoms with Gasteiger partial charge in [-0.15, -0.1) is 0 Å². The molecular formula is C20H20N+. The molecule has 0 aliphatic heterocycles. The van der Waals surface area contributed by atoms with Crippen LogP contribution in [0, 0.1) is 0 Å². The number of aromatic nitrogens is 1. The third-order valence-corrected chi connectivity index (χ3v) is 3.06. The van der Waals surface area contributed by atoms with Crippen molar-refractivity contribution in [1.82, 2.24) is 0 Å². The van der Waals surface area contributed by atoms with Gasteiger partial charge in [0.15, 0.2) is 6.04 Å². The molecular weight excluding hydrogens is 254 g/mol. The predicted octanol–water partition coefficient (Wildman–Crippen LogP) is 4.89. The Balaban J connectivity index is 2.49. The van der Waals surface area contributed by atoms with Crippen LogP contribution in [0.3, 0.4) is 0 Å². The van der Waals surface area contributed by atoms with E-state index in [1.165, 1.54) is 0 Å². The highest BCUT2D eigenvalue weighted by atomic mass is 15.0. The molecule has 0 aliphatic carbocycles. The third-order valence-electron chi connectivity index (χ3n) is 3.06. The monoisotopic (exact) mass is 284 g/mol. The Bertz CT molecular complexity index is 1070. The first-order chi connectivity index (χ1) is 14.4. The molecule has 21 heavy (non-hydrogen) atoms. The first-order valence-corrected chi connectivity index (χ1v) is 6.60. The van der Waals surface area contributed by atoms with Crippen molar-refractivity contribution >= 4 is 0 Å². The van der Waals surface area contributed by atoms with Gasteiger partial charge in [-0.1, -0.05) is 36.3 Å². The molecule has 0 bridgehead atoms. The summed E-state index contributed by atoms with van der Waals surface area (Å²) in [4.78, 5) is 0. The largest absolute Gasteiger partial charge is 0.213 e. The van der Waals surface area contributed by atoms with Crippen LogP contribution in [-0.4, -0.2) is 0 Å².